The molecule has 4 rings (SSSR count). The van der Waals surface area contributed by atoms with E-state index in [2.05, 4.69) is 73.5 Å². The highest BCUT2D eigenvalue weighted by Gasteiger charge is 2.11. The molecule has 0 radical (unpaired) electrons. The fraction of sp³-hybridized carbons (Fsp3) is 0.280. The molecule has 0 saturated carbocycles. The van der Waals surface area contributed by atoms with Crippen molar-refractivity contribution in [3.63, 3.8) is 0 Å². The number of carbonyl (C=O) groups is 1. The average Bonchev–Trinajstić information content (AvgIpc) is 3.41. The summed E-state index contributed by atoms with van der Waals surface area (Å²) in [7, 11) is 0. The summed E-state index contributed by atoms with van der Waals surface area (Å²) in [4.78, 5) is 20.6. The molecule has 9 nitrogen and oxygen atoms in total. The van der Waals surface area contributed by atoms with Gasteiger partial charge in [0.05, 0.1) is 0 Å². The van der Waals surface area contributed by atoms with E-state index in [1.54, 1.807) is 6.20 Å². The van der Waals surface area contributed by atoms with Crippen LogP contribution in [0.1, 0.15) is 43.6 Å². The van der Waals surface area contributed by atoms with Gasteiger partial charge in [-0.15, -0.1) is 5.10 Å². The van der Waals surface area contributed by atoms with E-state index in [4.69, 9.17) is 4.98 Å². The Morgan fingerprint density at radius 3 is 2.53 bits per heavy atom. The summed E-state index contributed by atoms with van der Waals surface area (Å²) < 4.78 is 0. The summed E-state index contributed by atoms with van der Waals surface area (Å²) in [6.45, 7) is 4.64. The van der Waals surface area contributed by atoms with Gasteiger partial charge in [-0.05, 0) is 33.5 Å². The zero-order valence-corrected chi connectivity index (χ0v) is 19.4. The van der Waals surface area contributed by atoms with Gasteiger partial charge in [0.2, 0.25) is 5.91 Å². The molecule has 0 aliphatic rings. The molecule has 0 aliphatic heterocycles. The van der Waals surface area contributed by atoms with Crippen molar-refractivity contribution in [2.75, 3.05) is 5.32 Å². The molecule has 0 bridgehead atoms. The number of rotatable bonds is 10. The lowest BCUT2D eigenvalue weighted by Gasteiger charge is -2.13. The monoisotopic (exact) mass is 456 g/mol. The second kappa shape index (κ2) is 11.1. The number of H-pyrrole nitrogens is 1. The number of unbranched alkanes of at least 4 members (excludes halogenated alkanes) is 1. The standard InChI is InChI=1S/C25H28N8O/c1-3-4-9-23-27-16-20(15-26-17(2)34)24(29-23)28-14-18-10-12-19(13-11-18)21-7-5-6-8-22(21)25-30-32-33-31-25/h5-8,10-13,16H,3-4,9,14-15H2,1-2H3,(H,26,34)(H,27,28,29)(H,30,31,32,33). The van der Waals surface area contributed by atoms with Crippen LogP contribution in [-0.2, 0) is 24.3 Å². The summed E-state index contributed by atoms with van der Waals surface area (Å²) in [5.74, 6) is 2.11. The summed E-state index contributed by atoms with van der Waals surface area (Å²) in [5, 5.41) is 20.5. The van der Waals surface area contributed by atoms with Gasteiger partial charge in [-0.25, -0.2) is 15.1 Å². The van der Waals surface area contributed by atoms with E-state index in [1.165, 1.54) is 6.92 Å². The third kappa shape index (κ3) is 5.80. The quantitative estimate of drug-likeness (QED) is 0.331. The number of anilines is 1. The van der Waals surface area contributed by atoms with Crippen LogP contribution >= 0.6 is 0 Å². The maximum Gasteiger partial charge on any atom is 0.217 e. The number of aromatic nitrogens is 6. The van der Waals surface area contributed by atoms with E-state index in [0.717, 1.165) is 58.7 Å². The Morgan fingerprint density at radius 1 is 1.03 bits per heavy atom. The third-order valence-corrected chi connectivity index (χ3v) is 5.45. The zero-order valence-electron chi connectivity index (χ0n) is 19.4. The molecule has 1 amide bonds. The Bertz CT molecular complexity index is 1220. The number of aryl methyl sites for hydroxylation is 1. The first-order valence-corrected chi connectivity index (χ1v) is 11.4. The SMILES string of the molecule is CCCCc1ncc(CNC(C)=O)c(NCc2ccc(-c3ccccc3-c3nnn[nH]3)cc2)n1. The zero-order chi connectivity index (χ0) is 23.8. The molecule has 9 heteroatoms. The highest BCUT2D eigenvalue weighted by molar-refractivity contribution is 5.80. The smallest absolute Gasteiger partial charge is 0.217 e. The summed E-state index contributed by atoms with van der Waals surface area (Å²) in [6, 6.07) is 16.4. The molecule has 0 unspecified atom stereocenters. The van der Waals surface area contributed by atoms with Crippen LogP contribution in [0.25, 0.3) is 22.5 Å². The lowest BCUT2D eigenvalue weighted by atomic mass is 9.98. The van der Waals surface area contributed by atoms with Crippen LogP contribution in [0.2, 0.25) is 0 Å². The van der Waals surface area contributed by atoms with Crippen molar-refractivity contribution in [1.29, 1.82) is 0 Å². The van der Waals surface area contributed by atoms with Crippen molar-refractivity contribution in [3.05, 3.63) is 71.7 Å². The predicted octanol–water partition coefficient (Wildman–Crippen LogP) is 3.91. The van der Waals surface area contributed by atoms with Crippen LogP contribution in [-0.4, -0.2) is 36.5 Å². The molecule has 0 aliphatic carbocycles. The van der Waals surface area contributed by atoms with Crippen LogP contribution < -0.4 is 10.6 Å². The minimum Gasteiger partial charge on any atom is -0.366 e. The number of amides is 1. The molecule has 34 heavy (non-hydrogen) atoms. The van der Waals surface area contributed by atoms with Crippen molar-refractivity contribution in [1.82, 2.24) is 35.9 Å². The molecule has 0 saturated heterocycles. The molecular formula is C25H28N8O. The van der Waals surface area contributed by atoms with E-state index in [-0.39, 0.29) is 5.91 Å². The van der Waals surface area contributed by atoms with Gasteiger partial charge in [0.15, 0.2) is 5.82 Å². The highest BCUT2D eigenvalue weighted by atomic mass is 16.1. The van der Waals surface area contributed by atoms with Crippen LogP contribution in [0.15, 0.2) is 54.7 Å². The molecule has 2 aromatic heterocycles. The number of carbonyl (C=O) groups excluding carboxylic acids is 1. The molecule has 0 fully saturated rings. The van der Waals surface area contributed by atoms with Crippen LogP contribution in [0.4, 0.5) is 5.82 Å². The van der Waals surface area contributed by atoms with Gasteiger partial charge in [0.1, 0.15) is 11.6 Å². The van der Waals surface area contributed by atoms with Crippen LogP contribution in [0, 0.1) is 0 Å². The van der Waals surface area contributed by atoms with Crippen LogP contribution in [0.3, 0.4) is 0 Å². The Hall–Kier alpha value is -4.14. The fourth-order valence-electron chi connectivity index (χ4n) is 3.60. The second-order valence-electron chi connectivity index (χ2n) is 8.02. The first kappa shape index (κ1) is 23.0. The first-order valence-electron chi connectivity index (χ1n) is 11.4. The molecule has 3 N–H and O–H groups in total. The van der Waals surface area contributed by atoms with Crippen molar-refractivity contribution in [3.8, 4) is 22.5 Å². The number of hydrogen-bond acceptors (Lipinski definition) is 7. The van der Waals surface area contributed by atoms with E-state index >= 15 is 0 Å². The predicted molar refractivity (Wildman–Crippen MR) is 131 cm³/mol. The minimum absolute atomic E-state index is 0.0852. The largest absolute Gasteiger partial charge is 0.366 e. The average molecular weight is 457 g/mol. The third-order valence-electron chi connectivity index (χ3n) is 5.45. The van der Waals surface area contributed by atoms with Gasteiger partial charge in [-0.2, -0.15) is 0 Å². The summed E-state index contributed by atoms with van der Waals surface area (Å²) in [6.07, 6.45) is 4.76. The van der Waals surface area contributed by atoms with E-state index < -0.39 is 0 Å². The highest BCUT2D eigenvalue weighted by Crippen LogP contribution is 2.29. The maximum atomic E-state index is 11.4. The number of hydrogen-bond donors (Lipinski definition) is 3. The Morgan fingerprint density at radius 2 is 1.82 bits per heavy atom. The van der Waals surface area contributed by atoms with Gasteiger partial charge in [0, 0.05) is 43.8 Å². The topological polar surface area (TPSA) is 121 Å². The molecular weight excluding hydrogens is 428 g/mol. The summed E-state index contributed by atoms with van der Waals surface area (Å²) in [5.41, 5.74) is 5.05. The van der Waals surface area contributed by atoms with E-state index in [1.807, 2.05) is 18.2 Å². The Balaban J connectivity index is 1.50. The number of tetrazole rings is 1. The van der Waals surface area contributed by atoms with Gasteiger partial charge in [0.25, 0.3) is 0 Å². The lowest BCUT2D eigenvalue weighted by molar-refractivity contribution is -0.119. The van der Waals surface area contributed by atoms with Gasteiger partial charge in [-0.1, -0.05) is 61.9 Å². The van der Waals surface area contributed by atoms with Gasteiger partial charge in [-0.3, -0.25) is 4.79 Å². The van der Waals surface area contributed by atoms with Crippen molar-refractivity contribution < 1.29 is 4.79 Å². The number of benzene rings is 2. The normalized spacial score (nSPS) is 10.8. The molecule has 0 atom stereocenters. The van der Waals surface area contributed by atoms with E-state index in [9.17, 15) is 4.79 Å². The van der Waals surface area contributed by atoms with Crippen molar-refractivity contribution >= 4 is 11.7 Å². The lowest BCUT2D eigenvalue weighted by Crippen LogP contribution is -2.20. The van der Waals surface area contributed by atoms with Gasteiger partial charge >= 0.3 is 0 Å². The maximum absolute atomic E-state index is 11.4. The molecule has 0 spiro atoms. The first-order chi connectivity index (χ1) is 16.6. The van der Waals surface area contributed by atoms with Crippen LogP contribution in [0.5, 0.6) is 0 Å². The fourth-order valence-corrected chi connectivity index (χ4v) is 3.60. The van der Waals surface area contributed by atoms with E-state index in [0.29, 0.717) is 18.9 Å². The molecule has 174 valence electrons. The van der Waals surface area contributed by atoms with Crippen molar-refractivity contribution in [2.24, 2.45) is 0 Å². The minimum atomic E-state index is -0.0852. The number of nitrogens with one attached hydrogen (secondary N) is 3. The molecule has 4 aromatic rings. The number of nitrogens with zero attached hydrogens (tertiary/aromatic N) is 5. The summed E-state index contributed by atoms with van der Waals surface area (Å²) >= 11 is 0. The second-order valence-corrected chi connectivity index (χ2v) is 8.02. The van der Waals surface area contributed by atoms with Gasteiger partial charge < -0.3 is 10.6 Å². The van der Waals surface area contributed by atoms with Crippen molar-refractivity contribution in [2.45, 2.75) is 46.2 Å². The Kier molecular flexibility index (Phi) is 7.54. The molecule has 2 heterocycles. The number of aromatic amines is 1. The Labute approximate surface area is 198 Å². The molecule has 2 aromatic carbocycles.